The first-order valence-electron chi connectivity index (χ1n) is 11.8. The first kappa shape index (κ1) is 24.9. The summed E-state index contributed by atoms with van der Waals surface area (Å²) in [7, 11) is 3.51. The standard InChI is InChI=1S/C29H30N4O3/c1-33(20-21-10-5-3-6-11-21)29-31-19-25(27(32-29)22-12-7-4-8-13-22)28(35)30-17-16-26(34)23-14-9-15-24(18-23)36-2/h3-15,18-19,26,34H,16-17,20H2,1-2H3,(H,30,35). The highest BCUT2D eigenvalue weighted by atomic mass is 16.5. The van der Waals surface area contributed by atoms with E-state index < -0.39 is 6.10 Å². The molecule has 3 aromatic carbocycles. The van der Waals surface area contributed by atoms with Gasteiger partial charge in [0, 0.05) is 31.9 Å². The topological polar surface area (TPSA) is 87.6 Å². The van der Waals surface area contributed by atoms with Crippen molar-refractivity contribution in [1.82, 2.24) is 15.3 Å². The highest BCUT2D eigenvalue weighted by Gasteiger charge is 2.18. The maximum Gasteiger partial charge on any atom is 0.255 e. The van der Waals surface area contributed by atoms with E-state index in [0.29, 0.717) is 42.5 Å². The van der Waals surface area contributed by atoms with Gasteiger partial charge in [-0.15, -0.1) is 0 Å². The lowest BCUT2D eigenvalue weighted by atomic mass is 10.1. The van der Waals surface area contributed by atoms with Gasteiger partial charge in [-0.25, -0.2) is 9.97 Å². The van der Waals surface area contributed by atoms with E-state index in [2.05, 4.69) is 22.4 Å². The number of rotatable bonds is 10. The number of carbonyl (C=O) groups is 1. The van der Waals surface area contributed by atoms with Crippen LogP contribution in [0.15, 0.2) is 91.1 Å². The molecule has 1 amide bonds. The number of nitrogens with one attached hydrogen (secondary N) is 1. The number of carbonyl (C=O) groups excluding carboxylic acids is 1. The van der Waals surface area contributed by atoms with Gasteiger partial charge in [0.1, 0.15) is 5.75 Å². The predicted octanol–water partition coefficient (Wildman–Crippen LogP) is 4.64. The second-order valence-corrected chi connectivity index (χ2v) is 8.48. The Labute approximate surface area is 211 Å². The van der Waals surface area contributed by atoms with Crippen LogP contribution in [-0.2, 0) is 6.54 Å². The second-order valence-electron chi connectivity index (χ2n) is 8.48. The molecule has 36 heavy (non-hydrogen) atoms. The molecule has 7 nitrogen and oxygen atoms in total. The van der Waals surface area contributed by atoms with Crippen molar-refractivity contribution in [1.29, 1.82) is 0 Å². The summed E-state index contributed by atoms with van der Waals surface area (Å²) in [5, 5.41) is 13.4. The molecule has 1 atom stereocenters. The third-order valence-corrected chi connectivity index (χ3v) is 5.85. The molecule has 0 radical (unpaired) electrons. The van der Waals surface area contributed by atoms with Crippen molar-refractivity contribution < 1.29 is 14.6 Å². The summed E-state index contributed by atoms with van der Waals surface area (Å²) < 4.78 is 5.22. The highest BCUT2D eigenvalue weighted by Crippen LogP contribution is 2.24. The fraction of sp³-hybridized carbons (Fsp3) is 0.207. The van der Waals surface area contributed by atoms with Crippen LogP contribution in [0.5, 0.6) is 5.75 Å². The number of benzene rings is 3. The van der Waals surface area contributed by atoms with Gasteiger partial charge in [0.15, 0.2) is 0 Å². The van der Waals surface area contributed by atoms with Gasteiger partial charge in [-0.2, -0.15) is 0 Å². The molecule has 0 saturated carbocycles. The summed E-state index contributed by atoms with van der Waals surface area (Å²) in [4.78, 5) is 24.3. The van der Waals surface area contributed by atoms with Gasteiger partial charge >= 0.3 is 0 Å². The van der Waals surface area contributed by atoms with Gasteiger partial charge in [0.25, 0.3) is 5.91 Å². The van der Waals surface area contributed by atoms with Crippen LogP contribution in [0.25, 0.3) is 11.3 Å². The Morgan fingerprint density at radius 2 is 1.75 bits per heavy atom. The summed E-state index contributed by atoms with van der Waals surface area (Å²) in [5.41, 5.74) is 3.65. The zero-order valence-electron chi connectivity index (χ0n) is 20.5. The normalized spacial score (nSPS) is 11.5. The van der Waals surface area contributed by atoms with Crippen molar-refractivity contribution >= 4 is 11.9 Å². The molecular formula is C29H30N4O3. The monoisotopic (exact) mass is 482 g/mol. The zero-order valence-corrected chi connectivity index (χ0v) is 20.5. The number of anilines is 1. The number of nitrogens with zero attached hydrogens (tertiary/aromatic N) is 3. The molecule has 0 spiro atoms. The Balaban J connectivity index is 1.49. The van der Waals surface area contributed by atoms with E-state index in [1.54, 1.807) is 19.4 Å². The fourth-order valence-corrected chi connectivity index (χ4v) is 3.90. The summed E-state index contributed by atoms with van der Waals surface area (Å²) in [6, 6.07) is 27.0. The van der Waals surface area contributed by atoms with Crippen molar-refractivity contribution in [3.05, 3.63) is 108 Å². The Morgan fingerprint density at radius 1 is 1.03 bits per heavy atom. The van der Waals surface area contributed by atoms with Crippen LogP contribution in [-0.4, -0.2) is 41.7 Å². The number of hydrogen-bond acceptors (Lipinski definition) is 6. The Hall–Kier alpha value is -4.23. The minimum atomic E-state index is -0.723. The third kappa shape index (κ3) is 6.25. The molecule has 0 fully saturated rings. The molecule has 1 unspecified atom stereocenters. The molecule has 2 N–H and O–H groups in total. The summed E-state index contributed by atoms with van der Waals surface area (Å²) in [5.74, 6) is 0.921. The molecule has 0 aliphatic carbocycles. The van der Waals surface area contributed by atoms with E-state index in [9.17, 15) is 9.90 Å². The molecule has 1 heterocycles. The number of aliphatic hydroxyl groups is 1. The lowest BCUT2D eigenvalue weighted by Gasteiger charge is -2.19. The van der Waals surface area contributed by atoms with Crippen LogP contribution >= 0.6 is 0 Å². The molecule has 4 aromatic rings. The molecule has 1 aromatic heterocycles. The van der Waals surface area contributed by atoms with E-state index in [4.69, 9.17) is 9.72 Å². The van der Waals surface area contributed by atoms with E-state index in [-0.39, 0.29) is 5.91 Å². The Morgan fingerprint density at radius 3 is 2.47 bits per heavy atom. The minimum absolute atomic E-state index is 0.288. The molecule has 184 valence electrons. The highest BCUT2D eigenvalue weighted by molar-refractivity contribution is 5.99. The van der Waals surface area contributed by atoms with Gasteiger partial charge in [0.05, 0.1) is 24.5 Å². The maximum atomic E-state index is 13.1. The third-order valence-electron chi connectivity index (χ3n) is 5.85. The van der Waals surface area contributed by atoms with Gasteiger partial charge in [0.2, 0.25) is 5.95 Å². The molecule has 4 rings (SSSR count). The van der Waals surface area contributed by atoms with Crippen molar-refractivity contribution in [3.63, 3.8) is 0 Å². The largest absolute Gasteiger partial charge is 0.497 e. The van der Waals surface area contributed by atoms with E-state index in [1.807, 2.05) is 78.7 Å². The smallest absolute Gasteiger partial charge is 0.255 e. The maximum absolute atomic E-state index is 13.1. The van der Waals surface area contributed by atoms with Crippen LogP contribution in [0.2, 0.25) is 0 Å². The predicted molar refractivity (Wildman–Crippen MR) is 141 cm³/mol. The van der Waals surface area contributed by atoms with Gasteiger partial charge in [-0.3, -0.25) is 4.79 Å². The number of aliphatic hydroxyl groups excluding tert-OH is 1. The average molecular weight is 483 g/mol. The Bertz CT molecular complexity index is 1280. The van der Waals surface area contributed by atoms with Crippen molar-refractivity contribution in [2.24, 2.45) is 0 Å². The number of hydrogen-bond donors (Lipinski definition) is 2. The van der Waals surface area contributed by atoms with Gasteiger partial charge < -0.3 is 20.1 Å². The number of amides is 1. The van der Waals surface area contributed by atoms with Crippen molar-refractivity contribution in [3.8, 4) is 17.0 Å². The first-order chi connectivity index (χ1) is 17.5. The fourth-order valence-electron chi connectivity index (χ4n) is 3.90. The quantitative estimate of drug-likeness (QED) is 0.342. The van der Waals surface area contributed by atoms with E-state index >= 15 is 0 Å². The first-order valence-corrected chi connectivity index (χ1v) is 11.8. The molecule has 0 bridgehead atoms. The van der Waals surface area contributed by atoms with Crippen molar-refractivity contribution in [2.75, 3.05) is 25.6 Å². The molecule has 0 aliphatic rings. The molecular weight excluding hydrogens is 452 g/mol. The minimum Gasteiger partial charge on any atom is -0.497 e. The summed E-state index contributed by atoms with van der Waals surface area (Å²) >= 11 is 0. The SMILES string of the molecule is COc1cccc(C(O)CCNC(=O)c2cnc(N(C)Cc3ccccc3)nc2-c2ccccc2)c1. The van der Waals surface area contributed by atoms with Crippen LogP contribution < -0.4 is 15.0 Å². The molecule has 0 saturated heterocycles. The van der Waals surface area contributed by atoms with Crippen LogP contribution in [0.3, 0.4) is 0 Å². The molecule has 7 heteroatoms. The Kier molecular flexibility index (Phi) is 8.26. The molecule has 0 aliphatic heterocycles. The van der Waals surface area contributed by atoms with Crippen LogP contribution in [0.1, 0.15) is 34.0 Å². The lowest BCUT2D eigenvalue weighted by Crippen LogP contribution is -2.27. The van der Waals surface area contributed by atoms with Crippen LogP contribution in [0.4, 0.5) is 5.95 Å². The second kappa shape index (κ2) is 12.0. The lowest BCUT2D eigenvalue weighted by molar-refractivity contribution is 0.0942. The number of ether oxygens (including phenoxy) is 1. The number of aromatic nitrogens is 2. The van der Waals surface area contributed by atoms with Gasteiger partial charge in [-0.1, -0.05) is 72.8 Å². The van der Waals surface area contributed by atoms with Gasteiger partial charge in [-0.05, 0) is 29.7 Å². The summed E-state index contributed by atoms with van der Waals surface area (Å²) in [6.45, 7) is 0.934. The van der Waals surface area contributed by atoms with E-state index in [0.717, 1.165) is 16.7 Å². The number of methoxy groups -OCH3 is 1. The van der Waals surface area contributed by atoms with Crippen LogP contribution in [0, 0.1) is 0 Å². The van der Waals surface area contributed by atoms with Crippen molar-refractivity contribution in [2.45, 2.75) is 19.1 Å². The average Bonchev–Trinajstić information content (AvgIpc) is 2.93. The summed E-state index contributed by atoms with van der Waals surface area (Å²) in [6.07, 6.45) is 1.21. The van der Waals surface area contributed by atoms with E-state index in [1.165, 1.54) is 0 Å². The zero-order chi connectivity index (χ0) is 25.3.